The van der Waals surface area contributed by atoms with Gasteiger partial charge in [0.1, 0.15) is 5.82 Å². The van der Waals surface area contributed by atoms with Crippen molar-refractivity contribution < 1.29 is 17.6 Å². The highest BCUT2D eigenvalue weighted by Gasteiger charge is 2.36. The standard InChI is InChI=1S/C14H17F4N/c1-2-7-19-13(9-3-4-9)10-5-6-11(12(15)8-10)14(16,17)18/h5-6,8-9,13,19H,2-4,7H2,1H3. The largest absolute Gasteiger partial charge is 0.419 e. The summed E-state index contributed by atoms with van der Waals surface area (Å²) in [6.07, 6.45) is -1.60. The van der Waals surface area contributed by atoms with E-state index in [0.717, 1.165) is 37.9 Å². The molecule has 0 bridgehead atoms. The second-order valence-corrected chi connectivity index (χ2v) is 5.01. The highest BCUT2D eigenvalue weighted by Crippen LogP contribution is 2.42. The summed E-state index contributed by atoms with van der Waals surface area (Å²) >= 11 is 0. The van der Waals surface area contributed by atoms with Crippen LogP contribution in [0.25, 0.3) is 0 Å². The summed E-state index contributed by atoms with van der Waals surface area (Å²) < 4.78 is 51.1. The summed E-state index contributed by atoms with van der Waals surface area (Å²) in [7, 11) is 0. The number of alkyl halides is 3. The van der Waals surface area contributed by atoms with Crippen LogP contribution in [0.3, 0.4) is 0 Å². The van der Waals surface area contributed by atoms with Crippen molar-refractivity contribution in [2.24, 2.45) is 5.92 Å². The normalized spacial score (nSPS) is 17.5. The first-order valence-corrected chi connectivity index (χ1v) is 6.53. The van der Waals surface area contributed by atoms with Gasteiger partial charge in [0.2, 0.25) is 0 Å². The van der Waals surface area contributed by atoms with E-state index in [1.807, 2.05) is 6.92 Å². The van der Waals surface area contributed by atoms with E-state index in [2.05, 4.69) is 5.32 Å². The van der Waals surface area contributed by atoms with E-state index in [1.165, 1.54) is 6.07 Å². The van der Waals surface area contributed by atoms with Crippen molar-refractivity contribution in [2.45, 2.75) is 38.4 Å². The fourth-order valence-electron chi connectivity index (χ4n) is 2.24. The average Bonchev–Trinajstić information content (AvgIpc) is 3.12. The monoisotopic (exact) mass is 275 g/mol. The van der Waals surface area contributed by atoms with Crippen LogP contribution in [0.4, 0.5) is 17.6 Å². The molecular formula is C14H17F4N. The van der Waals surface area contributed by atoms with Gasteiger partial charge in [0.05, 0.1) is 5.56 Å². The zero-order valence-corrected chi connectivity index (χ0v) is 10.7. The third-order valence-electron chi connectivity index (χ3n) is 3.37. The molecule has 1 fully saturated rings. The van der Waals surface area contributed by atoms with Crippen LogP contribution in [0.5, 0.6) is 0 Å². The zero-order chi connectivity index (χ0) is 14.0. The Morgan fingerprint density at radius 1 is 1.32 bits per heavy atom. The molecule has 0 saturated heterocycles. The lowest BCUT2D eigenvalue weighted by molar-refractivity contribution is -0.140. The number of halogens is 4. The van der Waals surface area contributed by atoms with Crippen molar-refractivity contribution in [2.75, 3.05) is 6.54 Å². The Labute approximate surface area is 110 Å². The molecule has 1 aliphatic rings. The molecule has 0 spiro atoms. The summed E-state index contributed by atoms with van der Waals surface area (Å²) in [6, 6.07) is 3.22. The SMILES string of the molecule is CCCNC(c1ccc(C(F)(F)F)c(F)c1)C1CC1. The first-order chi connectivity index (χ1) is 8.93. The lowest BCUT2D eigenvalue weighted by atomic mass is 10.00. The van der Waals surface area contributed by atoms with Gasteiger partial charge in [-0.2, -0.15) is 13.2 Å². The summed E-state index contributed by atoms with van der Waals surface area (Å²) in [5.74, 6) is -0.767. The van der Waals surface area contributed by atoms with E-state index in [0.29, 0.717) is 11.5 Å². The maximum Gasteiger partial charge on any atom is 0.419 e. The van der Waals surface area contributed by atoms with Gasteiger partial charge in [-0.3, -0.25) is 0 Å². The van der Waals surface area contributed by atoms with Crippen LogP contribution >= 0.6 is 0 Å². The Balaban J connectivity index is 2.21. The number of hydrogen-bond acceptors (Lipinski definition) is 1. The molecule has 5 heteroatoms. The lowest BCUT2D eigenvalue weighted by Crippen LogP contribution is -2.24. The minimum Gasteiger partial charge on any atom is -0.310 e. The van der Waals surface area contributed by atoms with Crippen molar-refractivity contribution in [1.29, 1.82) is 0 Å². The number of nitrogens with one attached hydrogen (secondary N) is 1. The highest BCUT2D eigenvalue weighted by molar-refractivity contribution is 5.29. The van der Waals surface area contributed by atoms with E-state index in [-0.39, 0.29) is 6.04 Å². The van der Waals surface area contributed by atoms with Crippen LogP contribution in [-0.2, 0) is 6.18 Å². The molecule has 0 amide bonds. The molecule has 0 aromatic heterocycles. The zero-order valence-electron chi connectivity index (χ0n) is 10.7. The van der Waals surface area contributed by atoms with Crippen molar-refractivity contribution in [1.82, 2.24) is 5.32 Å². The van der Waals surface area contributed by atoms with E-state index >= 15 is 0 Å². The molecular weight excluding hydrogens is 258 g/mol. The molecule has 1 N–H and O–H groups in total. The van der Waals surface area contributed by atoms with Crippen LogP contribution in [0.2, 0.25) is 0 Å². The second kappa shape index (κ2) is 5.49. The van der Waals surface area contributed by atoms with Gasteiger partial charge in [-0.25, -0.2) is 4.39 Å². The van der Waals surface area contributed by atoms with Gasteiger partial charge in [0.25, 0.3) is 0 Å². The number of hydrogen-bond donors (Lipinski definition) is 1. The molecule has 106 valence electrons. The topological polar surface area (TPSA) is 12.0 Å². The van der Waals surface area contributed by atoms with Crippen LogP contribution < -0.4 is 5.32 Å². The minimum atomic E-state index is -4.63. The predicted octanol–water partition coefficient (Wildman–Crippen LogP) is 4.30. The van der Waals surface area contributed by atoms with Gasteiger partial charge in [-0.1, -0.05) is 13.0 Å². The fourth-order valence-corrected chi connectivity index (χ4v) is 2.24. The van der Waals surface area contributed by atoms with Gasteiger partial charge in [0.15, 0.2) is 0 Å². The Morgan fingerprint density at radius 2 is 2.00 bits per heavy atom. The molecule has 19 heavy (non-hydrogen) atoms. The van der Waals surface area contributed by atoms with Crippen molar-refractivity contribution >= 4 is 0 Å². The van der Waals surface area contributed by atoms with Crippen LogP contribution in [-0.4, -0.2) is 6.54 Å². The van der Waals surface area contributed by atoms with Gasteiger partial charge >= 0.3 is 6.18 Å². The summed E-state index contributed by atoms with van der Waals surface area (Å²) in [6.45, 7) is 2.80. The molecule has 1 saturated carbocycles. The molecule has 1 nitrogen and oxygen atoms in total. The Bertz CT molecular complexity index is 438. The van der Waals surface area contributed by atoms with E-state index in [4.69, 9.17) is 0 Å². The summed E-state index contributed by atoms with van der Waals surface area (Å²) in [5, 5.41) is 3.29. The molecule has 1 unspecified atom stereocenters. The van der Waals surface area contributed by atoms with E-state index in [1.54, 1.807) is 0 Å². The van der Waals surface area contributed by atoms with Gasteiger partial charge in [-0.15, -0.1) is 0 Å². The predicted molar refractivity (Wildman–Crippen MR) is 65.2 cm³/mol. The molecule has 2 rings (SSSR count). The van der Waals surface area contributed by atoms with Crippen LogP contribution in [0.15, 0.2) is 18.2 Å². The quantitative estimate of drug-likeness (QED) is 0.790. The van der Waals surface area contributed by atoms with Crippen LogP contribution in [0, 0.1) is 11.7 Å². The third kappa shape index (κ3) is 3.47. The minimum absolute atomic E-state index is 0.0308. The van der Waals surface area contributed by atoms with Crippen molar-refractivity contribution in [3.63, 3.8) is 0 Å². The number of rotatable bonds is 5. The fraction of sp³-hybridized carbons (Fsp3) is 0.571. The molecule has 0 radical (unpaired) electrons. The summed E-state index contributed by atoms with van der Waals surface area (Å²) in [5.41, 5.74) is -0.581. The number of benzene rings is 1. The Hall–Kier alpha value is -1.10. The lowest BCUT2D eigenvalue weighted by Gasteiger charge is -2.19. The van der Waals surface area contributed by atoms with Gasteiger partial charge in [-0.05, 0) is 49.4 Å². The molecule has 0 heterocycles. The van der Waals surface area contributed by atoms with E-state index < -0.39 is 17.6 Å². The van der Waals surface area contributed by atoms with Crippen molar-refractivity contribution in [3.05, 3.63) is 35.1 Å². The first-order valence-electron chi connectivity index (χ1n) is 6.53. The Morgan fingerprint density at radius 3 is 2.47 bits per heavy atom. The second-order valence-electron chi connectivity index (χ2n) is 5.01. The van der Waals surface area contributed by atoms with Gasteiger partial charge in [0, 0.05) is 6.04 Å². The van der Waals surface area contributed by atoms with Crippen molar-refractivity contribution in [3.8, 4) is 0 Å². The van der Waals surface area contributed by atoms with Crippen LogP contribution in [0.1, 0.15) is 43.4 Å². The smallest absolute Gasteiger partial charge is 0.310 e. The summed E-state index contributed by atoms with van der Waals surface area (Å²) in [4.78, 5) is 0. The molecule has 1 atom stereocenters. The maximum atomic E-state index is 13.6. The maximum absolute atomic E-state index is 13.6. The molecule has 1 aromatic rings. The molecule has 0 aliphatic heterocycles. The average molecular weight is 275 g/mol. The first kappa shape index (κ1) is 14.3. The molecule has 1 aromatic carbocycles. The Kier molecular flexibility index (Phi) is 4.13. The van der Waals surface area contributed by atoms with E-state index in [9.17, 15) is 17.6 Å². The third-order valence-corrected chi connectivity index (χ3v) is 3.37. The highest BCUT2D eigenvalue weighted by atomic mass is 19.4. The van der Waals surface area contributed by atoms with Gasteiger partial charge < -0.3 is 5.32 Å². The molecule has 1 aliphatic carbocycles.